The zero-order chi connectivity index (χ0) is 24.4. The third kappa shape index (κ3) is 5.13. The summed E-state index contributed by atoms with van der Waals surface area (Å²) in [6.45, 7) is 1.59. The highest BCUT2D eigenvalue weighted by Crippen LogP contribution is 2.36. The average molecular weight is 494 g/mol. The molecule has 0 radical (unpaired) electrons. The Bertz CT molecular complexity index is 1380. The number of carbonyl (C=O) groups is 2. The van der Waals surface area contributed by atoms with Gasteiger partial charge in [-0.3, -0.25) is 9.59 Å². The van der Waals surface area contributed by atoms with E-state index < -0.39 is 6.04 Å². The summed E-state index contributed by atoms with van der Waals surface area (Å²) in [4.78, 5) is 34.3. The number of rotatable bonds is 6. The van der Waals surface area contributed by atoms with Crippen molar-refractivity contribution >= 4 is 40.9 Å². The zero-order valence-corrected chi connectivity index (χ0v) is 20.8. The number of hydrogen-bond donors (Lipinski definition) is 3. The van der Waals surface area contributed by atoms with Crippen LogP contribution in [0.1, 0.15) is 17.3 Å². The van der Waals surface area contributed by atoms with Crippen LogP contribution in [0.5, 0.6) is 5.75 Å². The predicted octanol–water partition coefficient (Wildman–Crippen LogP) is 4.31. The summed E-state index contributed by atoms with van der Waals surface area (Å²) in [5, 5.41) is 3.67. The Morgan fingerprint density at radius 2 is 1.83 bits per heavy atom. The van der Waals surface area contributed by atoms with Gasteiger partial charge in [0, 0.05) is 48.6 Å². The second-order valence-corrected chi connectivity index (χ2v) is 8.26. The van der Waals surface area contributed by atoms with E-state index in [-0.39, 0.29) is 24.2 Å². The van der Waals surface area contributed by atoms with Gasteiger partial charge in [0.1, 0.15) is 11.4 Å². The van der Waals surface area contributed by atoms with Crippen LogP contribution in [0.3, 0.4) is 0 Å². The lowest BCUT2D eigenvalue weighted by atomic mass is 9.99. The first-order valence-corrected chi connectivity index (χ1v) is 10.8. The van der Waals surface area contributed by atoms with Crippen LogP contribution in [0.15, 0.2) is 60.9 Å². The average Bonchev–Trinajstić information content (AvgIpc) is 3.26. The van der Waals surface area contributed by atoms with Crippen LogP contribution in [0.4, 0.5) is 5.69 Å². The van der Waals surface area contributed by atoms with Gasteiger partial charge in [0.2, 0.25) is 5.91 Å². The van der Waals surface area contributed by atoms with Crippen molar-refractivity contribution in [2.75, 3.05) is 26.5 Å². The van der Waals surface area contributed by atoms with Crippen molar-refractivity contribution in [1.82, 2.24) is 14.9 Å². The first-order chi connectivity index (χ1) is 16.3. The molecule has 4 N–H and O–H groups in total. The number of benzene rings is 2. The molecule has 0 unspecified atom stereocenters. The van der Waals surface area contributed by atoms with E-state index in [2.05, 4.69) is 15.3 Å². The van der Waals surface area contributed by atoms with Crippen LogP contribution in [0.2, 0.25) is 0 Å². The van der Waals surface area contributed by atoms with Gasteiger partial charge < -0.3 is 25.7 Å². The van der Waals surface area contributed by atoms with Crippen LogP contribution < -0.4 is 15.8 Å². The molecule has 0 aliphatic rings. The molecule has 2 aromatic heterocycles. The molecule has 4 aromatic rings. The number of anilines is 1. The number of para-hydroxylation sites is 1. The Kier molecular flexibility index (Phi) is 7.78. The van der Waals surface area contributed by atoms with E-state index in [4.69, 9.17) is 10.5 Å². The summed E-state index contributed by atoms with van der Waals surface area (Å²) in [6, 6.07) is 14.5. The number of nitrogens with one attached hydrogen (secondary N) is 2. The summed E-state index contributed by atoms with van der Waals surface area (Å²) in [5.41, 5.74) is 10.8. The van der Waals surface area contributed by atoms with Gasteiger partial charge in [-0.2, -0.15) is 0 Å². The largest absolute Gasteiger partial charge is 0.496 e. The molecule has 0 spiro atoms. The number of fused-ring (bicyclic) bond motifs is 1. The number of nitrogens with zero attached hydrogens (tertiary/aromatic N) is 2. The van der Waals surface area contributed by atoms with Gasteiger partial charge in [0.15, 0.2) is 0 Å². The van der Waals surface area contributed by atoms with E-state index in [1.54, 1.807) is 46.5 Å². The number of methoxy groups -OCH3 is 1. The summed E-state index contributed by atoms with van der Waals surface area (Å²) >= 11 is 0. The number of aromatic nitrogens is 2. The molecule has 8 nitrogen and oxygen atoms in total. The van der Waals surface area contributed by atoms with E-state index in [0.717, 1.165) is 39.0 Å². The fraction of sp³-hybridized carbons (Fsp3) is 0.192. The highest BCUT2D eigenvalue weighted by Gasteiger charge is 2.19. The number of nitrogens with two attached hydrogens (primary N) is 1. The van der Waals surface area contributed by atoms with Crippen molar-refractivity contribution in [3.63, 3.8) is 0 Å². The van der Waals surface area contributed by atoms with Gasteiger partial charge in [0.25, 0.3) is 5.91 Å². The van der Waals surface area contributed by atoms with Gasteiger partial charge in [-0.1, -0.05) is 24.3 Å². The number of hydrogen-bond acceptors (Lipinski definition) is 5. The Morgan fingerprint density at radius 3 is 2.51 bits per heavy atom. The minimum Gasteiger partial charge on any atom is -0.496 e. The number of aromatic amines is 1. The van der Waals surface area contributed by atoms with Crippen molar-refractivity contribution in [2.24, 2.45) is 5.73 Å². The molecule has 0 saturated heterocycles. The van der Waals surface area contributed by atoms with Crippen molar-refractivity contribution < 1.29 is 14.3 Å². The molecule has 2 heterocycles. The number of amides is 2. The maximum absolute atomic E-state index is 12.9. The first-order valence-electron chi connectivity index (χ1n) is 10.8. The Hall–Kier alpha value is -3.88. The van der Waals surface area contributed by atoms with E-state index in [1.165, 1.54) is 4.90 Å². The van der Waals surface area contributed by atoms with Crippen LogP contribution in [-0.2, 0) is 4.79 Å². The third-order valence-corrected chi connectivity index (χ3v) is 5.59. The summed E-state index contributed by atoms with van der Waals surface area (Å²) in [6.07, 6.45) is 3.66. The Balaban J connectivity index is 0.00000342. The smallest absolute Gasteiger partial charge is 0.255 e. The monoisotopic (exact) mass is 493 g/mol. The molecule has 0 aliphatic heterocycles. The van der Waals surface area contributed by atoms with E-state index in [9.17, 15) is 9.59 Å². The second-order valence-electron chi connectivity index (χ2n) is 8.26. The minimum absolute atomic E-state index is 0. The minimum atomic E-state index is -0.699. The van der Waals surface area contributed by atoms with Gasteiger partial charge in [0.05, 0.1) is 24.4 Å². The number of carbonyl (C=O) groups excluding carboxylic acids is 2. The molecule has 0 bridgehead atoms. The maximum Gasteiger partial charge on any atom is 0.255 e. The standard InChI is InChI=1S/C26H27N5O3.ClH/c1-15(27)25(32)30-22-10-9-16(11-20(22)26(33)31(2)3)17-12-19-21(14-29-24(19)28-13-17)18-7-5-6-8-23(18)34-4;/h5-15H,27H2,1-4H3,(H,28,29)(H,30,32);1H/t15-;/m0./s1. The SMILES string of the molecule is COc1ccccc1-c1c[nH]c2ncc(-c3ccc(NC(=O)[C@H](C)N)c(C(=O)N(C)C)c3)cc12.Cl. The topological polar surface area (TPSA) is 113 Å². The molecule has 1 atom stereocenters. The van der Waals surface area contributed by atoms with Crippen LogP contribution in [-0.4, -0.2) is 53.9 Å². The summed E-state index contributed by atoms with van der Waals surface area (Å²) < 4.78 is 5.54. The molecular formula is C26H28ClN5O3. The first kappa shape index (κ1) is 25.7. The normalized spacial score (nSPS) is 11.5. The Labute approximate surface area is 209 Å². The van der Waals surface area contributed by atoms with E-state index in [1.807, 2.05) is 42.6 Å². The van der Waals surface area contributed by atoms with E-state index in [0.29, 0.717) is 11.3 Å². The second kappa shape index (κ2) is 10.6. The highest BCUT2D eigenvalue weighted by atomic mass is 35.5. The van der Waals surface area contributed by atoms with E-state index >= 15 is 0 Å². The highest BCUT2D eigenvalue weighted by molar-refractivity contribution is 6.06. The lowest BCUT2D eigenvalue weighted by Gasteiger charge is -2.17. The van der Waals surface area contributed by atoms with Crippen LogP contribution >= 0.6 is 12.4 Å². The number of pyridine rings is 1. The molecule has 4 rings (SSSR count). The molecule has 0 saturated carbocycles. The molecule has 182 valence electrons. The Morgan fingerprint density at radius 1 is 1.09 bits per heavy atom. The van der Waals surface area contributed by atoms with Crippen molar-refractivity contribution in [3.05, 3.63) is 66.5 Å². The molecule has 2 amide bonds. The zero-order valence-electron chi connectivity index (χ0n) is 20.0. The quantitative estimate of drug-likeness (QED) is 0.370. The predicted molar refractivity (Wildman–Crippen MR) is 141 cm³/mol. The lowest BCUT2D eigenvalue weighted by Crippen LogP contribution is -2.33. The van der Waals surface area contributed by atoms with Crippen LogP contribution in [0.25, 0.3) is 33.3 Å². The summed E-state index contributed by atoms with van der Waals surface area (Å²) in [5.74, 6) is 0.173. The van der Waals surface area contributed by atoms with Gasteiger partial charge in [-0.25, -0.2) is 4.98 Å². The van der Waals surface area contributed by atoms with Crippen molar-refractivity contribution in [1.29, 1.82) is 0 Å². The molecule has 0 aliphatic carbocycles. The third-order valence-electron chi connectivity index (χ3n) is 5.59. The molecule has 9 heteroatoms. The molecule has 35 heavy (non-hydrogen) atoms. The molecule has 2 aromatic carbocycles. The van der Waals surface area contributed by atoms with Gasteiger partial charge >= 0.3 is 0 Å². The fourth-order valence-electron chi connectivity index (χ4n) is 3.75. The van der Waals surface area contributed by atoms with Gasteiger partial charge in [-0.15, -0.1) is 12.4 Å². The lowest BCUT2D eigenvalue weighted by molar-refractivity contribution is -0.117. The number of H-pyrrole nitrogens is 1. The molecular weight excluding hydrogens is 466 g/mol. The van der Waals surface area contributed by atoms with Gasteiger partial charge in [-0.05, 0) is 36.8 Å². The van der Waals surface area contributed by atoms with Crippen LogP contribution in [0, 0.1) is 0 Å². The maximum atomic E-state index is 12.9. The number of halogens is 1. The number of ether oxygens (including phenoxy) is 1. The van der Waals surface area contributed by atoms with Crippen molar-refractivity contribution in [3.8, 4) is 28.0 Å². The summed E-state index contributed by atoms with van der Waals surface area (Å²) in [7, 11) is 4.98. The van der Waals surface area contributed by atoms with Crippen molar-refractivity contribution in [2.45, 2.75) is 13.0 Å². The molecule has 0 fully saturated rings. The fourth-order valence-corrected chi connectivity index (χ4v) is 3.75.